The van der Waals surface area contributed by atoms with E-state index in [-0.39, 0.29) is 0 Å². The number of hydrogen-bond acceptors (Lipinski definition) is 1. The highest BCUT2D eigenvalue weighted by Crippen LogP contribution is 2.23. The molecule has 0 saturated carbocycles. The van der Waals surface area contributed by atoms with Crippen molar-refractivity contribution in [1.82, 2.24) is 9.38 Å². The molecule has 0 aliphatic heterocycles. The minimum absolute atomic E-state index is 0.688. The van der Waals surface area contributed by atoms with E-state index in [1.165, 1.54) is 0 Å². The first-order chi connectivity index (χ1) is 5.68. The third kappa shape index (κ3) is 1.28. The number of hydrogen-bond donors (Lipinski definition) is 0. The lowest BCUT2D eigenvalue weighted by atomic mass is 10.4. The maximum absolute atomic E-state index is 5.82. The molecule has 0 fully saturated rings. The summed E-state index contributed by atoms with van der Waals surface area (Å²) < 4.78 is 3.42. The SMILES string of the molecule is Clc1ccc2c(Br)nc(Br)n2c1. The van der Waals surface area contributed by atoms with Crippen molar-refractivity contribution in [1.29, 1.82) is 0 Å². The van der Waals surface area contributed by atoms with E-state index < -0.39 is 0 Å². The second-order valence-electron chi connectivity index (χ2n) is 2.27. The van der Waals surface area contributed by atoms with Crippen LogP contribution in [-0.4, -0.2) is 9.38 Å². The van der Waals surface area contributed by atoms with Gasteiger partial charge in [-0.3, -0.25) is 4.40 Å². The van der Waals surface area contributed by atoms with Crippen LogP contribution >= 0.6 is 43.5 Å². The summed E-state index contributed by atoms with van der Waals surface area (Å²) in [4.78, 5) is 4.17. The molecule has 0 aliphatic carbocycles. The number of fused-ring (bicyclic) bond motifs is 1. The minimum atomic E-state index is 0.688. The van der Waals surface area contributed by atoms with Gasteiger partial charge in [0, 0.05) is 6.20 Å². The van der Waals surface area contributed by atoms with Crippen LogP contribution in [-0.2, 0) is 0 Å². The summed E-state index contributed by atoms with van der Waals surface area (Å²) in [6.45, 7) is 0. The highest BCUT2D eigenvalue weighted by molar-refractivity contribution is 9.11. The molecule has 0 aliphatic rings. The summed E-state index contributed by atoms with van der Waals surface area (Å²) in [7, 11) is 0. The first kappa shape index (κ1) is 8.53. The van der Waals surface area contributed by atoms with Crippen LogP contribution in [0.25, 0.3) is 5.52 Å². The topological polar surface area (TPSA) is 17.3 Å². The molecule has 0 unspecified atom stereocenters. The van der Waals surface area contributed by atoms with Crippen molar-refractivity contribution in [2.24, 2.45) is 0 Å². The monoisotopic (exact) mass is 308 g/mol. The molecule has 0 bridgehead atoms. The van der Waals surface area contributed by atoms with Crippen molar-refractivity contribution in [3.8, 4) is 0 Å². The molecule has 0 atom stereocenters. The number of aromatic nitrogens is 2. The Morgan fingerprint density at radius 3 is 2.83 bits per heavy atom. The van der Waals surface area contributed by atoms with Crippen LogP contribution in [0.2, 0.25) is 5.02 Å². The van der Waals surface area contributed by atoms with E-state index in [0.29, 0.717) is 5.02 Å². The van der Waals surface area contributed by atoms with Gasteiger partial charge in [0.05, 0.1) is 10.5 Å². The Morgan fingerprint density at radius 1 is 1.33 bits per heavy atom. The van der Waals surface area contributed by atoms with E-state index in [1.807, 2.05) is 16.5 Å². The molecule has 12 heavy (non-hydrogen) atoms. The first-order valence-corrected chi connectivity index (χ1v) is 5.13. The van der Waals surface area contributed by atoms with Gasteiger partial charge in [0.15, 0.2) is 4.73 Å². The number of pyridine rings is 1. The minimum Gasteiger partial charge on any atom is -0.292 e. The van der Waals surface area contributed by atoms with Crippen LogP contribution in [0.4, 0.5) is 0 Å². The van der Waals surface area contributed by atoms with Crippen LogP contribution in [0.15, 0.2) is 27.7 Å². The van der Waals surface area contributed by atoms with Crippen molar-refractivity contribution in [2.45, 2.75) is 0 Å². The van der Waals surface area contributed by atoms with Crippen molar-refractivity contribution < 1.29 is 0 Å². The Balaban J connectivity index is 2.90. The summed E-state index contributed by atoms with van der Waals surface area (Å²) in [6.07, 6.45) is 1.80. The third-order valence-electron chi connectivity index (χ3n) is 1.51. The zero-order valence-electron chi connectivity index (χ0n) is 5.76. The lowest BCUT2D eigenvalue weighted by Gasteiger charge is -1.94. The number of nitrogens with zero attached hydrogens (tertiary/aromatic N) is 2. The summed E-state index contributed by atoms with van der Waals surface area (Å²) in [5, 5.41) is 0.688. The Kier molecular flexibility index (Phi) is 2.14. The van der Waals surface area contributed by atoms with Crippen molar-refractivity contribution in [3.05, 3.63) is 32.7 Å². The average molecular weight is 310 g/mol. The molecule has 2 rings (SSSR count). The lowest BCUT2D eigenvalue weighted by Crippen LogP contribution is -1.82. The Hall–Kier alpha value is -0.0600. The van der Waals surface area contributed by atoms with Crippen molar-refractivity contribution in [3.63, 3.8) is 0 Å². The summed E-state index contributed by atoms with van der Waals surface area (Å²) in [5.74, 6) is 0. The molecule has 62 valence electrons. The van der Waals surface area contributed by atoms with E-state index in [1.54, 1.807) is 6.20 Å². The van der Waals surface area contributed by atoms with E-state index in [2.05, 4.69) is 36.8 Å². The van der Waals surface area contributed by atoms with Gasteiger partial charge in [-0.25, -0.2) is 4.98 Å². The Labute approximate surface area is 90.8 Å². The van der Waals surface area contributed by atoms with Gasteiger partial charge in [-0.05, 0) is 44.0 Å². The second kappa shape index (κ2) is 3.01. The second-order valence-corrected chi connectivity index (χ2v) is 4.17. The predicted molar refractivity (Wildman–Crippen MR) is 55.6 cm³/mol. The van der Waals surface area contributed by atoms with Crippen molar-refractivity contribution >= 4 is 49.0 Å². The number of imidazole rings is 1. The third-order valence-corrected chi connectivity index (χ3v) is 2.88. The maximum atomic E-state index is 5.82. The zero-order chi connectivity index (χ0) is 8.72. The molecule has 2 heterocycles. The number of rotatable bonds is 0. The van der Waals surface area contributed by atoms with Crippen LogP contribution in [0.1, 0.15) is 0 Å². The van der Waals surface area contributed by atoms with Crippen LogP contribution in [0, 0.1) is 0 Å². The summed E-state index contributed by atoms with van der Waals surface area (Å²) >= 11 is 12.5. The molecule has 0 radical (unpaired) electrons. The van der Waals surface area contributed by atoms with Gasteiger partial charge in [0.25, 0.3) is 0 Å². The molecule has 0 amide bonds. The fourth-order valence-electron chi connectivity index (χ4n) is 0.988. The molecule has 2 nitrogen and oxygen atoms in total. The van der Waals surface area contributed by atoms with Crippen LogP contribution in [0.3, 0.4) is 0 Å². The standard InChI is InChI=1S/C7H3Br2ClN2/c8-6-5-2-1-4(10)3-12(5)7(9)11-6/h1-3H. The lowest BCUT2D eigenvalue weighted by molar-refractivity contribution is 1.10. The smallest absolute Gasteiger partial charge is 0.182 e. The van der Waals surface area contributed by atoms with E-state index >= 15 is 0 Å². The number of halogens is 3. The van der Waals surface area contributed by atoms with Gasteiger partial charge < -0.3 is 0 Å². The molecule has 0 spiro atoms. The normalized spacial score (nSPS) is 10.9. The molecular weight excluding hydrogens is 307 g/mol. The highest BCUT2D eigenvalue weighted by Gasteiger charge is 2.05. The summed E-state index contributed by atoms with van der Waals surface area (Å²) in [6, 6.07) is 3.74. The average Bonchev–Trinajstić information content (AvgIpc) is 2.28. The molecule has 0 saturated heterocycles. The van der Waals surface area contributed by atoms with Crippen LogP contribution in [0.5, 0.6) is 0 Å². The zero-order valence-corrected chi connectivity index (χ0v) is 9.69. The van der Waals surface area contributed by atoms with Gasteiger partial charge in [-0.1, -0.05) is 11.6 Å². The van der Waals surface area contributed by atoms with Gasteiger partial charge in [-0.15, -0.1) is 0 Å². The van der Waals surface area contributed by atoms with Gasteiger partial charge in [-0.2, -0.15) is 0 Å². The van der Waals surface area contributed by atoms with Crippen LogP contribution < -0.4 is 0 Å². The van der Waals surface area contributed by atoms with E-state index in [0.717, 1.165) is 14.9 Å². The molecule has 0 aromatic carbocycles. The fraction of sp³-hybridized carbons (Fsp3) is 0. The molecular formula is C7H3Br2ClN2. The largest absolute Gasteiger partial charge is 0.292 e. The fourth-order valence-corrected chi connectivity index (χ4v) is 2.35. The quantitative estimate of drug-likeness (QED) is 0.728. The highest BCUT2D eigenvalue weighted by atomic mass is 79.9. The van der Waals surface area contributed by atoms with Gasteiger partial charge in [0.2, 0.25) is 0 Å². The molecule has 2 aromatic rings. The first-order valence-electron chi connectivity index (χ1n) is 3.17. The molecule has 0 N–H and O–H groups in total. The predicted octanol–water partition coefficient (Wildman–Crippen LogP) is 3.51. The molecule has 5 heteroatoms. The Bertz CT molecular complexity index is 438. The van der Waals surface area contributed by atoms with Gasteiger partial charge >= 0.3 is 0 Å². The molecule has 2 aromatic heterocycles. The van der Waals surface area contributed by atoms with E-state index in [4.69, 9.17) is 11.6 Å². The van der Waals surface area contributed by atoms with Crippen molar-refractivity contribution in [2.75, 3.05) is 0 Å². The van der Waals surface area contributed by atoms with Gasteiger partial charge in [0.1, 0.15) is 4.60 Å². The van der Waals surface area contributed by atoms with E-state index in [9.17, 15) is 0 Å². The Morgan fingerprint density at radius 2 is 2.08 bits per heavy atom. The summed E-state index contributed by atoms with van der Waals surface area (Å²) in [5.41, 5.74) is 0.992. The maximum Gasteiger partial charge on any atom is 0.182 e.